The van der Waals surface area contributed by atoms with Gasteiger partial charge in [-0.15, -0.1) is 0 Å². The summed E-state index contributed by atoms with van der Waals surface area (Å²) in [5.74, 6) is 1.68. The highest BCUT2D eigenvalue weighted by molar-refractivity contribution is 5.65. The molecule has 0 amide bonds. The zero-order valence-electron chi connectivity index (χ0n) is 10.6. The van der Waals surface area contributed by atoms with E-state index in [1.807, 2.05) is 23.8 Å². The number of anilines is 2. The first kappa shape index (κ1) is 11.7. The standard InChI is InChI=1S/C12H19N5/c1-4-9(5-2)15-11-12-14-6-7-17(12)8-10(13-3)16-11/h6-9,13H,4-5H2,1-3H3,(H,15,16). The zero-order chi connectivity index (χ0) is 12.3. The average Bonchev–Trinajstić information content (AvgIpc) is 2.83. The largest absolute Gasteiger partial charge is 0.372 e. The Labute approximate surface area is 101 Å². The minimum absolute atomic E-state index is 0.440. The number of nitrogens with zero attached hydrogens (tertiary/aromatic N) is 3. The number of aromatic nitrogens is 3. The summed E-state index contributed by atoms with van der Waals surface area (Å²) in [6, 6.07) is 0.440. The maximum absolute atomic E-state index is 4.52. The minimum Gasteiger partial charge on any atom is -0.372 e. The van der Waals surface area contributed by atoms with Crippen LogP contribution in [0.5, 0.6) is 0 Å². The van der Waals surface area contributed by atoms with Gasteiger partial charge >= 0.3 is 0 Å². The number of hydrogen-bond acceptors (Lipinski definition) is 4. The molecule has 17 heavy (non-hydrogen) atoms. The van der Waals surface area contributed by atoms with Gasteiger partial charge in [0, 0.05) is 25.5 Å². The summed E-state index contributed by atoms with van der Waals surface area (Å²) in [5.41, 5.74) is 0.871. The molecule has 2 aromatic rings. The van der Waals surface area contributed by atoms with E-state index < -0.39 is 0 Å². The van der Waals surface area contributed by atoms with Crippen molar-refractivity contribution in [3.8, 4) is 0 Å². The van der Waals surface area contributed by atoms with Crippen molar-refractivity contribution in [2.75, 3.05) is 17.7 Å². The zero-order valence-corrected chi connectivity index (χ0v) is 10.6. The Balaban J connectivity index is 2.39. The van der Waals surface area contributed by atoms with Crippen LogP contribution in [-0.2, 0) is 0 Å². The number of imidazole rings is 1. The Hall–Kier alpha value is -1.78. The molecule has 0 unspecified atom stereocenters. The molecule has 0 aromatic carbocycles. The van der Waals surface area contributed by atoms with Crippen molar-refractivity contribution in [2.24, 2.45) is 0 Å². The molecule has 2 rings (SSSR count). The van der Waals surface area contributed by atoms with Crippen LogP contribution in [0.15, 0.2) is 18.6 Å². The van der Waals surface area contributed by atoms with Crippen LogP contribution in [0, 0.1) is 0 Å². The molecule has 0 bridgehead atoms. The molecule has 0 fully saturated rings. The van der Waals surface area contributed by atoms with E-state index in [0.717, 1.165) is 30.1 Å². The molecule has 0 aliphatic carbocycles. The lowest BCUT2D eigenvalue weighted by Crippen LogP contribution is -2.19. The van der Waals surface area contributed by atoms with E-state index in [9.17, 15) is 0 Å². The summed E-state index contributed by atoms with van der Waals surface area (Å²) < 4.78 is 1.98. The third-order valence-corrected chi connectivity index (χ3v) is 2.96. The minimum atomic E-state index is 0.440. The van der Waals surface area contributed by atoms with E-state index in [1.165, 1.54) is 0 Å². The average molecular weight is 233 g/mol. The highest BCUT2D eigenvalue weighted by atomic mass is 15.1. The highest BCUT2D eigenvalue weighted by Gasteiger charge is 2.10. The molecule has 5 nitrogen and oxygen atoms in total. The summed E-state index contributed by atoms with van der Waals surface area (Å²) in [5, 5.41) is 6.51. The van der Waals surface area contributed by atoms with E-state index in [-0.39, 0.29) is 0 Å². The molecule has 0 saturated heterocycles. The normalized spacial score (nSPS) is 11.1. The Morgan fingerprint density at radius 2 is 2.12 bits per heavy atom. The van der Waals surface area contributed by atoms with Crippen LogP contribution < -0.4 is 10.6 Å². The third kappa shape index (κ3) is 2.33. The number of fused-ring (bicyclic) bond motifs is 1. The molecule has 2 heterocycles. The molecule has 0 aliphatic heterocycles. The van der Waals surface area contributed by atoms with Crippen LogP contribution in [0.4, 0.5) is 11.6 Å². The predicted molar refractivity (Wildman–Crippen MR) is 70.5 cm³/mol. The second kappa shape index (κ2) is 5.03. The van der Waals surface area contributed by atoms with Crippen molar-refractivity contribution >= 4 is 17.3 Å². The first-order chi connectivity index (χ1) is 8.28. The van der Waals surface area contributed by atoms with E-state index in [2.05, 4.69) is 34.4 Å². The fourth-order valence-electron chi connectivity index (χ4n) is 1.84. The molecule has 0 radical (unpaired) electrons. The van der Waals surface area contributed by atoms with Gasteiger partial charge in [0.25, 0.3) is 0 Å². The van der Waals surface area contributed by atoms with Crippen LogP contribution in [0.1, 0.15) is 26.7 Å². The monoisotopic (exact) mass is 233 g/mol. The van der Waals surface area contributed by atoms with Crippen molar-refractivity contribution in [3.05, 3.63) is 18.6 Å². The lowest BCUT2D eigenvalue weighted by atomic mass is 10.2. The van der Waals surface area contributed by atoms with Crippen molar-refractivity contribution in [2.45, 2.75) is 32.7 Å². The van der Waals surface area contributed by atoms with Gasteiger partial charge in [-0.05, 0) is 12.8 Å². The fourth-order valence-corrected chi connectivity index (χ4v) is 1.84. The lowest BCUT2D eigenvalue weighted by molar-refractivity contribution is 0.669. The third-order valence-electron chi connectivity index (χ3n) is 2.96. The SMILES string of the molecule is CCC(CC)Nc1nc(NC)cn2ccnc12. The van der Waals surface area contributed by atoms with Crippen molar-refractivity contribution in [1.29, 1.82) is 0 Å². The van der Waals surface area contributed by atoms with Gasteiger partial charge in [0.1, 0.15) is 5.82 Å². The van der Waals surface area contributed by atoms with Gasteiger partial charge in [-0.25, -0.2) is 9.97 Å². The molecule has 5 heteroatoms. The molecule has 0 aliphatic rings. The number of nitrogens with one attached hydrogen (secondary N) is 2. The van der Waals surface area contributed by atoms with E-state index in [4.69, 9.17) is 0 Å². The van der Waals surface area contributed by atoms with Crippen LogP contribution in [0.3, 0.4) is 0 Å². The van der Waals surface area contributed by atoms with Gasteiger partial charge in [-0.1, -0.05) is 13.8 Å². The first-order valence-electron chi connectivity index (χ1n) is 6.06. The summed E-state index contributed by atoms with van der Waals surface area (Å²) in [4.78, 5) is 8.85. The van der Waals surface area contributed by atoms with Crippen molar-refractivity contribution < 1.29 is 0 Å². The number of rotatable bonds is 5. The fraction of sp³-hybridized carbons (Fsp3) is 0.500. The van der Waals surface area contributed by atoms with E-state index in [0.29, 0.717) is 6.04 Å². The smallest absolute Gasteiger partial charge is 0.180 e. The van der Waals surface area contributed by atoms with Crippen molar-refractivity contribution in [3.63, 3.8) is 0 Å². The summed E-state index contributed by atoms with van der Waals surface area (Å²) in [7, 11) is 1.87. The topological polar surface area (TPSA) is 54.2 Å². The molecule has 92 valence electrons. The molecule has 2 aromatic heterocycles. The highest BCUT2D eigenvalue weighted by Crippen LogP contribution is 2.18. The maximum atomic E-state index is 4.52. The summed E-state index contributed by atoms with van der Waals surface area (Å²) >= 11 is 0. The van der Waals surface area contributed by atoms with Crippen LogP contribution in [0.25, 0.3) is 5.65 Å². The van der Waals surface area contributed by atoms with E-state index >= 15 is 0 Å². The molecule has 0 spiro atoms. The first-order valence-corrected chi connectivity index (χ1v) is 6.06. The van der Waals surface area contributed by atoms with Gasteiger partial charge in [0.2, 0.25) is 0 Å². The molecule has 0 saturated carbocycles. The van der Waals surface area contributed by atoms with Gasteiger partial charge in [-0.2, -0.15) is 0 Å². The Morgan fingerprint density at radius 1 is 1.35 bits per heavy atom. The summed E-state index contributed by atoms with van der Waals surface area (Å²) in [6.45, 7) is 4.34. The predicted octanol–water partition coefficient (Wildman–Crippen LogP) is 2.37. The van der Waals surface area contributed by atoms with E-state index in [1.54, 1.807) is 6.20 Å². The van der Waals surface area contributed by atoms with Crippen LogP contribution in [-0.4, -0.2) is 27.5 Å². The number of hydrogen-bond donors (Lipinski definition) is 2. The second-order valence-electron chi connectivity index (χ2n) is 4.04. The molecule has 2 N–H and O–H groups in total. The Morgan fingerprint density at radius 3 is 2.76 bits per heavy atom. The molecular formula is C12H19N5. The van der Waals surface area contributed by atoms with Gasteiger partial charge < -0.3 is 15.0 Å². The molecule has 0 atom stereocenters. The van der Waals surface area contributed by atoms with Crippen molar-refractivity contribution in [1.82, 2.24) is 14.4 Å². The molecular weight excluding hydrogens is 214 g/mol. The van der Waals surface area contributed by atoms with Crippen LogP contribution >= 0.6 is 0 Å². The van der Waals surface area contributed by atoms with Crippen LogP contribution in [0.2, 0.25) is 0 Å². The summed E-state index contributed by atoms with van der Waals surface area (Å²) in [6.07, 6.45) is 7.80. The Kier molecular flexibility index (Phi) is 3.46. The lowest BCUT2D eigenvalue weighted by Gasteiger charge is -2.16. The second-order valence-corrected chi connectivity index (χ2v) is 4.04. The maximum Gasteiger partial charge on any atom is 0.180 e. The Bertz CT molecular complexity index is 487. The van der Waals surface area contributed by atoms with Gasteiger partial charge in [0.05, 0.1) is 6.20 Å². The van der Waals surface area contributed by atoms with Gasteiger partial charge in [0.15, 0.2) is 11.5 Å². The van der Waals surface area contributed by atoms with Gasteiger partial charge in [-0.3, -0.25) is 0 Å². The quantitative estimate of drug-likeness (QED) is 0.832.